The van der Waals surface area contributed by atoms with Gasteiger partial charge in [-0.2, -0.15) is 13.8 Å². The minimum atomic E-state index is -3.71. The molecule has 108 valence electrons. The van der Waals surface area contributed by atoms with E-state index in [0.29, 0.717) is 4.57 Å². The first-order chi connectivity index (χ1) is 8.37. The van der Waals surface area contributed by atoms with Gasteiger partial charge in [0, 0.05) is 6.20 Å². The topological polar surface area (TPSA) is 111 Å². The Morgan fingerprint density at radius 1 is 1.58 bits per heavy atom. The van der Waals surface area contributed by atoms with Crippen molar-refractivity contribution in [2.45, 2.75) is 24.4 Å². The van der Waals surface area contributed by atoms with Crippen LogP contribution in [0.5, 0.6) is 0 Å². The molecule has 0 aliphatic carbocycles. The average Bonchev–Trinajstić information content (AvgIpc) is 2.52. The van der Waals surface area contributed by atoms with Crippen molar-refractivity contribution in [3.63, 3.8) is 0 Å². The van der Waals surface area contributed by atoms with E-state index in [1.54, 1.807) is 0 Å². The van der Waals surface area contributed by atoms with Crippen LogP contribution in [0.15, 0.2) is 17.1 Å². The third kappa shape index (κ3) is 2.54. The number of hydrogen-bond acceptors (Lipinski definition) is 6. The summed E-state index contributed by atoms with van der Waals surface area (Å²) < 4.78 is 32.7. The lowest BCUT2D eigenvalue weighted by Crippen LogP contribution is -2.41. The van der Waals surface area contributed by atoms with E-state index in [1.165, 1.54) is 0 Å². The molecule has 0 saturated carbocycles. The summed E-state index contributed by atoms with van der Waals surface area (Å²) >= 11 is 0. The molecule has 1 saturated heterocycles. The van der Waals surface area contributed by atoms with Crippen molar-refractivity contribution >= 4 is 18.2 Å². The van der Waals surface area contributed by atoms with Crippen molar-refractivity contribution in [3.8, 4) is 0 Å². The first-order valence-electron chi connectivity index (χ1n) is 5.04. The highest BCUT2D eigenvalue weighted by atomic mass is 35.5. The third-order valence-electron chi connectivity index (χ3n) is 2.66. The Bertz CT molecular complexity index is 512. The van der Waals surface area contributed by atoms with Crippen molar-refractivity contribution in [3.05, 3.63) is 22.7 Å². The fourth-order valence-electron chi connectivity index (χ4n) is 1.72. The number of anilines is 1. The molecule has 10 heteroatoms. The monoisotopic (exact) mass is 299 g/mol. The second kappa shape index (κ2) is 5.37. The molecule has 0 unspecified atom stereocenters. The number of aliphatic hydroxyl groups is 2. The molecule has 7 nitrogen and oxygen atoms in total. The third-order valence-corrected chi connectivity index (χ3v) is 2.66. The fourth-order valence-corrected chi connectivity index (χ4v) is 1.72. The Kier molecular flexibility index (Phi) is 4.46. The van der Waals surface area contributed by atoms with Gasteiger partial charge in [0.1, 0.15) is 11.9 Å². The molecule has 1 aromatic heterocycles. The van der Waals surface area contributed by atoms with Gasteiger partial charge >= 0.3 is 11.6 Å². The van der Waals surface area contributed by atoms with E-state index < -0.39 is 36.7 Å². The van der Waals surface area contributed by atoms with Crippen molar-refractivity contribution in [1.29, 1.82) is 0 Å². The largest absolute Gasteiger partial charge is 0.394 e. The Morgan fingerprint density at radius 2 is 2.21 bits per heavy atom. The summed E-state index contributed by atoms with van der Waals surface area (Å²) in [6.07, 6.45) is -4.69. The zero-order chi connectivity index (χ0) is 13.5. The number of rotatable bonds is 2. The Morgan fingerprint density at radius 3 is 2.68 bits per heavy atom. The number of alkyl halides is 2. The molecule has 3 atom stereocenters. The van der Waals surface area contributed by atoms with Gasteiger partial charge in [0.05, 0.1) is 6.61 Å². The SMILES string of the molecule is Cl.Nc1ccn([C@H]2O[C@H](CO)[C@@H](O)C2(F)F)c(=O)n1. The summed E-state index contributed by atoms with van der Waals surface area (Å²) in [5, 5.41) is 18.1. The first kappa shape index (κ1) is 15.8. The van der Waals surface area contributed by atoms with Gasteiger partial charge in [0.15, 0.2) is 6.10 Å². The van der Waals surface area contributed by atoms with Crippen molar-refractivity contribution < 1.29 is 23.7 Å². The number of nitrogen functional groups attached to an aromatic ring is 1. The lowest BCUT2D eigenvalue weighted by molar-refractivity contribution is -0.140. The van der Waals surface area contributed by atoms with E-state index in [9.17, 15) is 18.7 Å². The van der Waals surface area contributed by atoms with E-state index >= 15 is 0 Å². The highest BCUT2D eigenvalue weighted by molar-refractivity contribution is 5.85. The molecule has 2 heterocycles. The van der Waals surface area contributed by atoms with Gasteiger partial charge in [-0.1, -0.05) is 0 Å². The molecule has 0 amide bonds. The number of nitrogens with zero attached hydrogens (tertiary/aromatic N) is 2. The highest BCUT2D eigenvalue weighted by Crippen LogP contribution is 2.41. The summed E-state index contributed by atoms with van der Waals surface area (Å²) in [6, 6.07) is 1.15. The number of aromatic nitrogens is 2. The molecule has 1 aliphatic heterocycles. The van der Waals surface area contributed by atoms with Crippen LogP contribution < -0.4 is 11.4 Å². The molecule has 1 aromatic rings. The molecule has 19 heavy (non-hydrogen) atoms. The van der Waals surface area contributed by atoms with Crippen LogP contribution >= 0.6 is 12.4 Å². The summed E-state index contributed by atoms with van der Waals surface area (Å²) in [7, 11) is 0. The number of nitrogens with two attached hydrogens (primary N) is 1. The number of aliphatic hydroxyl groups excluding tert-OH is 2. The van der Waals surface area contributed by atoms with Gasteiger partial charge in [-0.25, -0.2) is 4.79 Å². The van der Waals surface area contributed by atoms with Gasteiger partial charge in [0.25, 0.3) is 0 Å². The zero-order valence-corrected chi connectivity index (χ0v) is 10.3. The number of hydrogen-bond donors (Lipinski definition) is 3. The smallest absolute Gasteiger partial charge is 0.351 e. The van der Waals surface area contributed by atoms with Crippen LogP contribution in [0.3, 0.4) is 0 Å². The maximum atomic E-state index is 13.7. The summed E-state index contributed by atoms with van der Waals surface area (Å²) in [5.41, 5.74) is 4.21. The normalized spacial score (nSPS) is 28.9. The standard InChI is InChI=1S/C9H11F2N3O4.ClH/c10-9(11)6(16)4(3-15)18-7(9)14-2-1-5(12)13-8(14)17;/h1-2,4,6-7,15-16H,3H2,(H2,12,13,17);1H/t4-,6-,7+;/m1./s1. The summed E-state index contributed by atoms with van der Waals surface area (Å²) in [4.78, 5) is 14.7. The number of ether oxygens (including phenoxy) is 1. The van der Waals surface area contributed by atoms with Crippen LogP contribution in [-0.4, -0.2) is 44.5 Å². The minimum absolute atomic E-state index is 0. The fraction of sp³-hybridized carbons (Fsp3) is 0.556. The molecule has 1 aliphatic rings. The lowest BCUT2D eigenvalue weighted by atomic mass is 10.1. The molecule has 0 bridgehead atoms. The molecule has 0 spiro atoms. The second-order valence-corrected chi connectivity index (χ2v) is 3.87. The van der Waals surface area contributed by atoms with Crippen LogP contribution in [0.25, 0.3) is 0 Å². The Labute approximate surface area is 112 Å². The Hall–Kier alpha value is -1.29. The first-order valence-corrected chi connectivity index (χ1v) is 5.04. The highest BCUT2D eigenvalue weighted by Gasteiger charge is 2.59. The van der Waals surface area contributed by atoms with Gasteiger partial charge in [-0.15, -0.1) is 12.4 Å². The Balaban J connectivity index is 0.00000180. The summed E-state index contributed by atoms with van der Waals surface area (Å²) in [6.45, 7) is -0.787. The maximum absolute atomic E-state index is 13.7. The molecular formula is C9H12ClF2N3O4. The maximum Gasteiger partial charge on any atom is 0.351 e. The van der Waals surface area contributed by atoms with Gasteiger partial charge in [-0.05, 0) is 6.07 Å². The zero-order valence-electron chi connectivity index (χ0n) is 9.44. The minimum Gasteiger partial charge on any atom is -0.394 e. The van der Waals surface area contributed by atoms with Crippen LogP contribution in [-0.2, 0) is 4.74 Å². The molecule has 4 N–H and O–H groups in total. The average molecular weight is 300 g/mol. The predicted molar refractivity (Wildman–Crippen MR) is 62.1 cm³/mol. The van der Waals surface area contributed by atoms with E-state index in [1.807, 2.05) is 0 Å². The van der Waals surface area contributed by atoms with Crippen molar-refractivity contribution in [2.75, 3.05) is 12.3 Å². The molecule has 0 aromatic carbocycles. The van der Waals surface area contributed by atoms with E-state index in [0.717, 1.165) is 12.3 Å². The molecule has 2 rings (SSSR count). The van der Waals surface area contributed by atoms with Crippen LogP contribution in [0.2, 0.25) is 0 Å². The number of halogens is 3. The predicted octanol–water partition coefficient (Wildman–Crippen LogP) is -0.867. The quantitative estimate of drug-likeness (QED) is 0.655. The van der Waals surface area contributed by atoms with Gasteiger partial charge in [-0.3, -0.25) is 4.57 Å². The van der Waals surface area contributed by atoms with E-state index in [-0.39, 0.29) is 18.2 Å². The van der Waals surface area contributed by atoms with Gasteiger partial charge < -0.3 is 20.7 Å². The van der Waals surface area contributed by atoms with Crippen LogP contribution in [0.1, 0.15) is 6.23 Å². The lowest BCUT2D eigenvalue weighted by Gasteiger charge is -2.20. The summed E-state index contributed by atoms with van der Waals surface area (Å²) in [5.74, 6) is -3.83. The van der Waals surface area contributed by atoms with Crippen LogP contribution in [0, 0.1) is 0 Å². The van der Waals surface area contributed by atoms with Crippen molar-refractivity contribution in [1.82, 2.24) is 9.55 Å². The van der Waals surface area contributed by atoms with Crippen LogP contribution in [0.4, 0.5) is 14.6 Å². The van der Waals surface area contributed by atoms with E-state index in [2.05, 4.69) is 4.98 Å². The second-order valence-electron chi connectivity index (χ2n) is 3.87. The molecule has 0 radical (unpaired) electrons. The van der Waals surface area contributed by atoms with Crippen molar-refractivity contribution in [2.24, 2.45) is 0 Å². The van der Waals surface area contributed by atoms with E-state index in [4.69, 9.17) is 15.6 Å². The molecular weight excluding hydrogens is 288 g/mol. The molecule has 1 fully saturated rings. The van der Waals surface area contributed by atoms with Gasteiger partial charge in [0.2, 0.25) is 6.23 Å².